The first kappa shape index (κ1) is 15.2. The molecule has 0 aromatic rings. The molecule has 0 aliphatic carbocycles. The molecule has 16 heavy (non-hydrogen) atoms. The minimum atomic E-state index is 0.429. The van der Waals surface area contributed by atoms with Gasteiger partial charge in [-0.3, -0.25) is 0 Å². The zero-order valence-electron chi connectivity index (χ0n) is 11.5. The average molecular weight is 220 g/mol. The second-order valence-electron chi connectivity index (χ2n) is 5.43. The van der Waals surface area contributed by atoms with Gasteiger partial charge >= 0.3 is 0 Å². The van der Waals surface area contributed by atoms with Crippen LogP contribution in [0.15, 0.2) is 36.5 Å². The van der Waals surface area contributed by atoms with E-state index in [0.717, 1.165) is 0 Å². The average Bonchev–Trinajstić information content (AvgIpc) is 2.19. The lowest BCUT2D eigenvalue weighted by Crippen LogP contribution is -2.01. The molecule has 0 unspecified atom stereocenters. The zero-order chi connectivity index (χ0) is 12.3. The predicted octanol–water partition coefficient (Wildman–Crippen LogP) is 5.67. The van der Waals surface area contributed by atoms with Crippen LogP contribution in [0.4, 0.5) is 0 Å². The molecule has 0 heterocycles. The molecule has 92 valence electrons. The number of hydrogen-bond donors (Lipinski definition) is 0. The van der Waals surface area contributed by atoms with Crippen LogP contribution in [-0.4, -0.2) is 0 Å². The highest BCUT2D eigenvalue weighted by Crippen LogP contribution is 2.18. The van der Waals surface area contributed by atoms with Gasteiger partial charge in [-0.15, -0.1) is 0 Å². The van der Waals surface area contributed by atoms with E-state index in [1.54, 1.807) is 0 Å². The van der Waals surface area contributed by atoms with E-state index in [1.165, 1.54) is 32.1 Å². The number of allylic oxidation sites excluding steroid dienone is 6. The third-order valence-electron chi connectivity index (χ3n) is 2.30. The molecule has 0 rings (SSSR count). The minimum Gasteiger partial charge on any atom is -0.0917 e. The zero-order valence-corrected chi connectivity index (χ0v) is 11.5. The lowest BCUT2D eigenvalue weighted by Gasteiger charge is -2.14. The van der Waals surface area contributed by atoms with E-state index in [0.29, 0.717) is 5.41 Å². The molecule has 0 aliphatic rings. The van der Waals surface area contributed by atoms with Crippen molar-refractivity contribution in [2.24, 2.45) is 5.41 Å². The minimum absolute atomic E-state index is 0.429. The van der Waals surface area contributed by atoms with E-state index in [2.05, 4.69) is 64.2 Å². The summed E-state index contributed by atoms with van der Waals surface area (Å²) in [5, 5.41) is 0. The smallest absolute Gasteiger partial charge is 0.0302 e. The molecule has 0 saturated heterocycles. The normalized spacial score (nSPS) is 13.5. The first-order valence-corrected chi connectivity index (χ1v) is 6.47. The third kappa shape index (κ3) is 13.2. The number of hydrogen-bond acceptors (Lipinski definition) is 0. The Morgan fingerprint density at radius 1 is 0.688 bits per heavy atom. The fourth-order valence-electron chi connectivity index (χ4n) is 1.34. The topological polar surface area (TPSA) is 0 Å². The summed E-state index contributed by atoms with van der Waals surface area (Å²) >= 11 is 0. The van der Waals surface area contributed by atoms with Gasteiger partial charge in [0.25, 0.3) is 0 Å². The van der Waals surface area contributed by atoms with Crippen molar-refractivity contribution < 1.29 is 0 Å². The van der Waals surface area contributed by atoms with Crippen molar-refractivity contribution >= 4 is 0 Å². The first-order valence-electron chi connectivity index (χ1n) is 6.47. The molecule has 0 aromatic carbocycles. The van der Waals surface area contributed by atoms with E-state index in [4.69, 9.17) is 0 Å². The summed E-state index contributed by atoms with van der Waals surface area (Å²) in [7, 11) is 0. The van der Waals surface area contributed by atoms with Crippen LogP contribution >= 0.6 is 0 Å². The quantitative estimate of drug-likeness (QED) is 0.383. The summed E-state index contributed by atoms with van der Waals surface area (Å²) in [6.45, 7) is 8.90. The van der Waals surface area contributed by atoms with Gasteiger partial charge in [0.05, 0.1) is 0 Å². The van der Waals surface area contributed by atoms with E-state index in [9.17, 15) is 0 Å². The van der Waals surface area contributed by atoms with E-state index >= 15 is 0 Å². The predicted molar refractivity (Wildman–Crippen MR) is 75.6 cm³/mol. The summed E-state index contributed by atoms with van der Waals surface area (Å²) in [4.78, 5) is 0. The van der Waals surface area contributed by atoms with Crippen LogP contribution in [0.5, 0.6) is 0 Å². The molecule has 0 radical (unpaired) electrons. The highest BCUT2D eigenvalue weighted by molar-refractivity contribution is 4.91. The maximum Gasteiger partial charge on any atom is -0.0302 e. The van der Waals surface area contributed by atoms with Gasteiger partial charge in [-0.25, -0.2) is 0 Å². The molecule has 0 aliphatic heterocycles. The number of unbranched alkanes of at least 4 members (excludes halogenated alkanes) is 2. The highest BCUT2D eigenvalue weighted by atomic mass is 14.1. The summed E-state index contributed by atoms with van der Waals surface area (Å²) < 4.78 is 0. The summed E-state index contributed by atoms with van der Waals surface area (Å²) in [5.74, 6) is 0. The van der Waals surface area contributed by atoms with Crippen LogP contribution in [0.25, 0.3) is 0 Å². The van der Waals surface area contributed by atoms with Gasteiger partial charge in [-0.1, -0.05) is 57.2 Å². The molecule has 0 spiro atoms. The molecule has 0 aromatic heterocycles. The Hall–Kier alpha value is -0.780. The molecule has 0 atom stereocenters. The van der Waals surface area contributed by atoms with Crippen molar-refractivity contribution in [3.05, 3.63) is 36.5 Å². The lowest BCUT2D eigenvalue weighted by molar-refractivity contribution is 0.420. The molecule has 0 nitrogen and oxygen atoms in total. The van der Waals surface area contributed by atoms with Crippen LogP contribution in [0.1, 0.15) is 59.8 Å². The fraction of sp³-hybridized carbons (Fsp3) is 0.625. The first-order chi connectivity index (χ1) is 7.56. The van der Waals surface area contributed by atoms with Gasteiger partial charge in [-0.05, 0) is 44.4 Å². The van der Waals surface area contributed by atoms with Crippen molar-refractivity contribution in [3.63, 3.8) is 0 Å². The van der Waals surface area contributed by atoms with E-state index < -0.39 is 0 Å². The van der Waals surface area contributed by atoms with Gasteiger partial charge in [-0.2, -0.15) is 0 Å². The fourth-order valence-corrected chi connectivity index (χ4v) is 1.34. The molecule has 0 fully saturated rings. The molecule has 0 heteroatoms. The Kier molecular flexibility index (Phi) is 8.99. The highest BCUT2D eigenvalue weighted by Gasteiger charge is 2.05. The van der Waals surface area contributed by atoms with E-state index in [-0.39, 0.29) is 0 Å². The lowest BCUT2D eigenvalue weighted by atomic mass is 9.92. The monoisotopic (exact) mass is 220 g/mol. The Balaban J connectivity index is 3.39. The summed E-state index contributed by atoms with van der Waals surface area (Å²) in [6, 6.07) is 0. The number of rotatable bonds is 7. The Labute approximate surface area is 102 Å². The molecule has 0 bridgehead atoms. The Morgan fingerprint density at radius 2 is 1.12 bits per heavy atom. The second-order valence-corrected chi connectivity index (χ2v) is 5.43. The maximum atomic E-state index is 2.31. The SMILES string of the molecule is CC=CCCC=CCCC=CCC(C)(C)C. The maximum absolute atomic E-state index is 2.31. The van der Waals surface area contributed by atoms with Crippen LogP contribution < -0.4 is 0 Å². The van der Waals surface area contributed by atoms with Crippen molar-refractivity contribution in [2.45, 2.75) is 59.8 Å². The van der Waals surface area contributed by atoms with E-state index in [1.807, 2.05) is 0 Å². The van der Waals surface area contributed by atoms with Crippen LogP contribution in [0.2, 0.25) is 0 Å². The van der Waals surface area contributed by atoms with Gasteiger partial charge in [0.2, 0.25) is 0 Å². The Morgan fingerprint density at radius 3 is 1.56 bits per heavy atom. The van der Waals surface area contributed by atoms with Crippen LogP contribution in [0.3, 0.4) is 0 Å². The van der Waals surface area contributed by atoms with Gasteiger partial charge in [0.1, 0.15) is 0 Å². The van der Waals surface area contributed by atoms with Crippen molar-refractivity contribution in [2.75, 3.05) is 0 Å². The van der Waals surface area contributed by atoms with Gasteiger partial charge in [0.15, 0.2) is 0 Å². The van der Waals surface area contributed by atoms with Crippen LogP contribution in [0, 0.1) is 5.41 Å². The Bertz CT molecular complexity index is 223. The van der Waals surface area contributed by atoms with Gasteiger partial charge in [0, 0.05) is 0 Å². The van der Waals surface area contributed by atoms with Gasteiger partial charge < -0.3 is 0 Å². The summed E-state index contributed by atoms with van der Waals surface area (Å²) in [6.07, 6.45) is 19.4. The molecule has 0 saturated carbocycles. The van der Waals surface area contributed by atoms with Crippen molar-refractivity contribution in [1.29, 1.82) is 0 Å². The molecular weight excluding hydrogens is 192 g/mol. The molecule has 0 N–H and O–H groups in total. The third-order valence-corrected chi connectivity index (χ3v) is 2.30. The van der Waals surface area contributed by atoms with Crippen molar-refractivity contribution in [1.82, 2.24) is 0 Å². The summed E-state index contributed by atoms with van der Waals surface area (Å²) in [5.41, 5.74) is 0.429. The largest absolute Gasteiger partial charge is 0.0917 e. The van der Waals surface area contributed by atoms with Crippen molar-refractivity contribution in [3.8, 4) is 0 Å². The van der Waals surface area contributed by atoms with Crippen LogP contribution in [-0.2, 0) is 0 Å². The molecular formula is C16H28. The second kappa shape index (κ2) is 9.45. The molecule has 0 amide bonds. The standard InChI is InChI=1S/C16H28/c1-5-6-7-8-9-10-11-12-13-14-15-16(2,3)4/h5-6,9-10,13-14H,7-8,11-12,15H2,1-4H3.